The molecule has 22 heavy (non-hydrogen) atoms. The third-order valence-electron chi connectivity index (χ3n) is 2.89. The molecule has 0 aromatic heterocycles. The fourth-order valence-corrected chi connectivity index (χ4v) is 2.61. The zero-order valence-corrected chi connectivity index (χ0v) is 12.9. The Morgan fingerprint density at radius 2 is 1.45 bits per heavy atom. The van der Waals surface area contributed by atoms with Gasteiger partial charge in [-0.05, 0) is 11.1 Å². The van der Waals surface area contributed by atoms with Crippen LogP contribution < -0.4 is 10.6 Å². The van der Waals surface area contributed by atoms with Gasteiger partial charge in [0.2, 0.25) is 5.91 Å². The maximum atomic E-state index is 11.7. The number of amides is 3. The fraction of sp³-hybridized carbons (Fsp3) is 0.176. The van der Waals surface area contributed by atoms with Crippen LogP contribution >= 0.6 is 11.8 Å². The number of carbonyl (C=O) groups is 2. The number of hydrogen-bond donors (Lipinski definition) is 2. The van der Waals surface area contributed by atoms with E-state index in [9.17, 15) is 9.59 Å². The van der Waals surface area contributed by atoms with Gasteiger partial charge in [-0.2, -0.15) is 0 Å². The minimum atomic E-state index is -0.464. The average Bonchev–Trinajstić information content (AvgIpc) is 2.55. The third-order valence-corrected chi connectivity index (χ3v) is 3.90. The molecule has 0 aliphatic rings. The van der Waals surface area contributed by atoms with Crippen LogP contribution in [0, 0.1) is 0 Å². The van der Waals surface area contributed by atoms with E-state index in [1.54, 1.807) is 0 Å². The van der Waals surface area contributed by atoms with Crippen LogP contribution in [0.15, 0.2) is 60.7 Å². The van der Waals surface area contributed by atoms with Gasteiger partial charge in [-0.25, -0.2) is 4.79 Å². The molecule has 0 bridgehead atoms. The monoisotopic (exact) mass is 314 g/mol. The molecule has 0 unspecified atom stereocenters. The topological polar surface area (TPSA) is 58.2 Å². The van der Waals surface area contributed by atoms with Crippen LogP contribution in [0.1, 0.15) is 11.1 Å². The minimum absolute atomic E-state index is 0.258. The van der Waals surface area contributed by atoms with E-state index in [0.717, 1.165) is 16.9 Å². The van der Waals surface area contributed by atoms with Gasteiger partial charge in [-0.1, -0.05) is 60.7 Å². The molecule has 2 aromatic carbocycles. The summed E-state index contributed by atoms with van der Waals surface area (Å²) >= 11 is 1.48. The second kappa shape index (κ2) is 8.89. The summed E-state index contributed by atoms with van der Waals surface area (Å²) in [4.78, 5) is 23.3. The van der Waals surface area contributed by atoms with Gasteiger partial charge in [-0.3, -0.25) is 10.1 Å². The van der Waals surface area contributed by atoms with E-state index in [-0.39, 0.29) is 11.7 Å². The average molecular weight is 314 g/mol. The number of hydrogen-bond acceptors (Lipinski definition) is 3. The molecule has 0 atom stereocenters. The standard InChI is InChI=1S/C17H18N2O2S/c20-16(13-22-12-15-9-5-2-6-10-15)19-17(21)18-11-14-7-3-1-4-8-14/h1-10H,11-13H2,(H2,18,19,20,21). The zero-order chi connectivity index (χ0) is 15.6. The number of carbonyl (C=O) groups excluding carboxylic acids is 2. The van der Waals surface area contributed by atoms with Gasteiger partial charge in [0.05, 0.1) is 5.75 Å². The molecule has 0 radical (unpaired) electrons. The molecule has 0 aliphatic carbocycles. The first kappa shape index (κ1) is 16.1. The Bertz CT molecular complexity index is 603. The van der Waals surface area contributed by atoms with Crippen LogP contribution in [0.2, 0.25) is 0 Å². The molecule has 0 fully saturated rings. The summed E-state index contributed by atoms with van der Waals surface area (Å²) < 4.78 is 0. The Morgan fingerprint density at radius 1 is 0.864 bits per heavy atom. The van der Waals surface area contributed by atoms with Gasteiger partial charge in [0, 0.05) is 12.3 Å². The lowest BCUT2D eigenvalue weighted by atomic mass is 10.2. The zero-order valence-electron chi connectivity index (χ0n) is 12.1. The minimum Gasteiger partial charge on any atom is -0.334 e. The quantitative estimate of drug-likeness (QED) is 0.862. The lowest BCUT2D eigenvalue weighted by molar-refractivity contribution is -0.117. The molecule has 114 valence electrons. The molecule has 4 nitrogen and oxygen atoms in total. The van der Waals surface area contributed by atoms with Gasteiger partial charge in [0.25, 0.3) is 0 Å². The molecule has 0 aliphatic heterocycles. The fourth-order valence-electron chi connectivity index (χ4n) is 1.82. The van der Waals surface area contributed by atoms with Gasteiger partial charge in [0.15, 0.2) is 0 Å². The Morgan fingerprint density at radius 3 is 2.09 bits per heavy atom. The van der Waals surface area contributed by atoms with Crippen molar-refractivity contribution in [2.75, 3.05) is 5.75 Å². The van der Waals surface area contributed by atoms with Crippen molar-refractivity contribution in [3.63, 3.8) is 0 Å². The molecular formula is C17H18N2O2S. The van der Waals surface area contributed by atoms with Crippen molar-refractivity contribution in [1.29, 1.82) is 0 Å². The molecular weight excluding hydrogens is 296 g/mol. The highest BCUT2D eigenvalue weighted by Gasteiger charge is 2.07. The number of urea groups is 1. The molecule has 2 aromatic rings. The largest absolute Gasteiger partial charge is 0.334 e. The van der Waals surface area contributed by atoms with Crippen LogP contribution in [-0.4, -0.2) is 17.7 Å². The summed E-state index contributed by atoms with van der Waals surface area (Å²) in [6, 6.07) is 19.0. The van der Waals surface area contributed by atoms with Crippen molar-refractivity contribution in [1.82, 2.24) is 10.6 Å². The summed E-state index contributed by atoms with van der Waals surface area (Å²) in [6.07, 6.45) is 0. The van der Waals surface area contributed by atoms with Gasteiger partial charge < -0.3 is 5.32 Å². The Hall–Kier alpha value is -2.27. The van der Waals surface area contributed by atoms with E-state index >= 15 is 0 Å². The maximum Gasteiger partial charge on any atom is 0.321 e. The summed E-state index contributed by atoms with van der Waals surface area (Å²) in [5.74, 6) is 0.722. The first-order chi connectivity index (χ1) is 10.7. The van der Waals surface area contributed by atoms with E-state index in [2.05, 4.69) is 10.6 Å². The second-order valence-corrected chi connectivity index (χ2v) is 5.68. The number of imide groups is 1. The SMILES string of the molecule is O=C(CSCc1ccccc1)NC(=O)NCc1ccccc1. The Labute approximate surface area is 134 Å². The molecule has 0 heterocycles. The first-order valence-electron chi connectivity index (χ1n) is 6.97. The van der Waals surface area contributed by atoms with Crippen LogP contribution in [0.25, 0.3) is 0 Å². The maximum absolute atomic E-state index is 11.7. The number of benzene rings is 2. The van der Waals surface area contributed by atoms with Crippen molar-refractivity contribution in [3.8, 4) is 0 Å². The summed E-state index contributed by atoms with van der Waals surface area (Å²) in [6.45, 7) is 0.400. The van der Waals surface area contributed by atoms with Crippen molar-refractivity contribution >= 4 is 23.7 Å². The molecule has 3 amide bonds. The van der Waals surface area contributed by atoms with Crippen molar-refractivity contribution < 1.29 is 9.59 Å². The van der Waals surface area contributed by atoms with Crippen molar-refractivity contribution in [2.45, 2.75) is 12.3 Å². The van der Waals surface area contributed by atoms with Crippen molar-refractivity contribution in [3.05, 3.63) is 71.8 Å². The molecule has 0 spiro atoms. The van der Waals surface area contributed by atoms with Crippen LogP contribution in [-0.2, 0) is 17.1 Å². The van der Waals surface area contributed by atoms with E-state index < -0.39 is 6.03 Å². The second-order valence-electron chi connectivity index (χ2n) is 4.69. The molecule has 2 rings (SSSR count). The normalized spacial score (nSPS) is 10.0. The Kier molecular flexibility index (Phi) is 6.51. The third kappa shape index (κ3) is 6.01. The number of nitrogens with one attached hydrogen (secondary N) is 2. The first-order valence-corrected chi connectivity index (χ1v) is 8.13. The van der Waals surface area contributed by atoms with E-state index in [1.165, 1.54) is 11.8 Å². The highest BCUT2D eigenvalue weighted by molar-refractivity contribution is 7.99. The smallest absolute Gasteiger partial charge is 0.321 e. The van der Waals surface area contributed by atoms with Gasteiger partial charge >= 0.3 is 6.03 Å². The molecule has 0 saturated carbocycles. The van der Waals surface area contributed by atoms with Crippen LogP contribution in [0.4, 0.5) is 4.79 Å². The summed E-state index contributed by atoms with van der Waals surface area (Å²) in [5.41, 5.74) is 2.15. The summed E-state index contributed by atoms with van der Waals surface area (Å²) in [7, 11) is 0. The Balaban J connectivity index is 1.63. The highest BCUT2D eigenvalue weighted by atomic mass is 32.2. The number of rotatable bonds is 6. The van der Waals surface area contributed by atoms with E-state index in [0.29, 0.717) is 6.54 Å². The van der Waals surface area contributed by atoms with E-state index in [4.69, 9.17) is 0 Å². The molecule has 5 heteroatoms. The molecule has 2 N–H and O–H groups in total. The predicted octanol–water partition coefficient (Wildman–Crippen LogP) is 2.95. The van der Waals surface area contributed by atoms with Gasteiger partial charge in [0.1, 0.15) is 0 Å². The van der Waals surface area contributed by atoms with Crippen LogP contribution in [0.5, 0.6) is 0 Å². The molecule has 0 saturated heterocycles. The summed E-state index contributed by atoms with van der Waals surface area (Å²) in [5, 5.41) is 4.98. The number of thioether (sulfide) groups is 1. The predicted molar refractivity (Wildman–Crippen MR) is 89.4 cm³/mol. The van der Waals surface area contributed by atoms with Crippen molar-refractivity contribution in [2.24, 2.45) is 0 Å². The lowest BCUT2D eigenvalue weighted by Crippen LogP contribution is -2.39. The van der Waals surface area contributed by atoms with Gasteiger partial charge in [-0.15, -0.1) is 11.8 Å². The van der Waals surface area contributed by atoms with E-state index in [1.807, 2.05) is 60.7 Å². The van der Waals surface area contributed by atoms with Crippen LogP contribution in [0.3, 0.4) is 0 Å². The lowest BCUT2D eigenvalue weighted by Gasteiger charge is -2.07. The highest BCUT2D eigenvalue weighted by Crippen LogP contribution is 2.10.